The van der Waals surface area contributed by atoms with E-state index >= 15 is 0 Å². The van der Waals surface area contributed by atoms with Crippen molar-refractivity contribution >= 4 is 22.1 Å². The van der Waals surface area contributed by atoms with Crippen LogP contribution in [0.15, 0.2) is 84.9 Å². The summed E-state index contributed by atoms with van der Waals surface area (Å²) < 4.78 is 0. The largest absolute Gasteiger partial charge is 0.338 e. The van der Waals surface area contributed by atoms with E-state index in [2.05, 4.69) is 104 Å². The molecule has 4 aromatic rings. The first kappa shape index (κ1) is 15.2. The molecule has 1 aliphatic rings. The number of para-hydroxylation sites is 1. The van der Waals surface area contributed by atoms with Crippen LogP contribution in [0.2, 0.25) is 0 Å². The SMILES string of the molecule is CC(C)N(c1ccccc1)c1ccc2c3c(cccc13)-c1ccccc1-2. The maximum Gasteiger partial charge on any atom is 0.0493 e. The molecule has 0 bridgehead atoms. The van der Waals surface area contributed by atoms with Gasteiger partial charge in [0.15, 0.2) is 0 Å². The molecule has 0 radical (unpaired) electrons. The number of fused-ring (bicyclic) bond motifs is 3. The lowest BCUT2D eigenvalue weighted by Gasteiger charge is -2.30. The molecule has 126 valence electrons. The summed E-state index contributed by atoms with van der Waals surface area (Å²) in [5.74, 6) is 0. The highest BCUT2D eigenvalue weighted by Gasteiger charge is 2.24. The van der Waals surface area contributed by atoms with Gasteiger partial charge in [0.2, 0.25) is 0 Å². The van der Waals surface area contributed by atoms with Gasteiger partial charge in [0, 0.05) is 22.8 Å². The van der Waals surface area contributed by atoms with Crippen LogP contribution >= 0.6 is 0 Å². The van der Waals surface area contributed by atoms with E-state index < -0.39 is 0 Å². The first-order valence-electron chi connectivity index (χ1n) is 9.25. The topological polar surface area (TPSA) is 3.24 Å². The Kier molecular flexibility index (Phi) is 3.36. The fourth-order valence-corrected chi connectivity index (χ4v) is 4.31. The standard InChI is InChI=1S/C25H21N/c1-17(2)26(18-9-4-3-5-10-18)24-16-15-22-20-12-7-6-11-19(20)21-13-8-14-23(24)25(21)22/h3-17H,1-2H3. The second-order valence-electron chi connectivity index (χ2n) is 7.21. The zero-order valence-corrected chi connectivity index (χ0v) is 15.1. The van der Waals surface area contributed by atoms with Gasteiger partial charge < -0.3 is 4.90 Å². The van der Waals surface area contributed by atoms with Crippen LogP contribution in [0.4, 0.5) is 11.4 Å². The minimum Gasteiger partial charge on any atom is -0.338 e. The molecule has 0 atom stereocenters. The molecule has 0 unspecified atom stereocenters. The average molecular weight is 335 g/mol. The summed E-state index contributed by atoms with van der Waals surface area (Å²) >= 11 is 0. The summed E-state index contributed by atoms with van der Waals surface area (Å²) in [7, 11) is 0. The van der Waals surface area contributed by atoms with Gasteiger partial charge in [0.1, 0.15) is 0 Å². The van der Waals surface area contributed by atoms with Crippen molar-refractivity contribution in [3.8, 4) is 22.3 Å². The molecule has 0 saturated carbocycles. The van der Waals surface area contributed by atoms with Crippen LogP contribution in [0.25, 0.3) is 33.0 Å². The summed E-state index contributed by atoms with van der Waals surface area (Å²) in [6.07, 6.45) is 0. The van der Waals surface area contributed by atoms with Crippen LogP contribution in [0, 0.1) is 0 Å². The van der Waals surface area contributed by atoms with Crippen LogP contribution in [0.3, 0.4) is 0 Å². The van der Waals surface area contributed by atoms with Gasteiger partial charge in [-0.05, 0) is 59.7 Å². The minimum atomic E-state index is 0.373. The molecule has 1 aliphatic carbocycles. The van der Waals surface area contributed by atoms with E-state index in [-0.39, 0.29) is 0 Å². The second-order valence-corrected chi connectivity index (χ2v) is 7.21. The third-order valence-electron chi connectivity index (χ3n) is 5.34. The molecule has 26 heavy (non-hydrogen) atoms. The second kappa shape index (κ2) is 5.74. The molecule has 1 heteroatoms. The van der Waals surface area contributed by atoms with E-state index in [4.69, 9.17) is 0 Å². The highest BCUT2D eigenvalue weighted by atomic mass is 15.2. The summed E-state index contributed by atoms with van der Waals surface area (Å²) in [5, 5.41) is 2.71. The molecular formula is C25H21N. The van der Waals surface area contributed by atoms with Gasteiger partial charge in [-0.15, -0.1) is 0 Å². The molecule has 0 heterocycles. The molecule has 0 aliphatic heterocycles. The first-order valence-corrected chi connectivity index (χ1v) is 9.25. The molecule has 0 amide bonds. The van der Waals surface area contributed by atoms with Crippen molar-refractivity contribution in [2.24, 2.45) is 0 Å². The lowest BCUT2D eigenvalue weighted by Crippen LogP contribution is -2.25. The molecule has 0 saturated heterocycles. The highest BCUT2D eigenvalue weighted by molar-refractivity contribution is 6.18. The van der Waals surface area contributed by atoms with Crippen LogP contribution in [-0.4, -0.2) is 6.04 Å². The fourth-order valence-electron chi connectivity index (χ4n) is 4.31. The Bertz CT molecular complexity index is 1080. The summed E-state index contributed by atoms with van der Waals surface area (Å²) in [6.45, 7) is 4.51. The highest BCUT2D eigenvalue weighted by Crippen LogP contribution is 2.49. The molecule has 0 fully saturated rings. The van der Waals surface area contributed by atoms with Gasteiger partial charge in [-0.3, -0.25) is 0 Å². The Balaban J connectivity index is 1.81. The van der Waals surface area contributed by atoms with E-state index in [0.717, 1.165) is 0 Å². The number of rotatable bonds is 3. The van der Waals surface area contributed by atoms with Gasteiger partial charge in [0.25, 0.3) is 0 Å². The van der Waals surface area contributed by atoms with E-state index in [1.807, 2.05) is 0 Å². The van der Waals surface area contributed by atoms with Crippen molar-refractivity contribution in [3.05, 3.63) is 84.9 Å². The molecular weight excluding hydrogens is 314 g/mol. The van der Waals surface area contributed by atoms with Crippen LogP contribution in [0.1, 0.15) is 13.8 Å². The monoisotopic (exact) mass is 335 g/mol. The maximum atomic E-state index is 2.44. The Morgan fingerprint density at radius 3 is 1.88 bits per heavy atom. The van der Waals surface area contributed by atoms with Crippen LogP contribution < -0.4 is 4.90 Å². The number of benzene rings is 4. The number of nitrogens with zero attached hydrogens (tertiary/aromatic N) is 1. The zero-order chi connectivity index (χ0) is 17.7. The maximum absolute atomic E-state index is 2.44. The lowest BCUT2D eigenvalue weighted by molar-refractivity contribution is 0.791. The van der Waals surface area contributed by atoms with Crippen molar-refractivity contribution in [1.82, 2.24) is 0 Å². The summed E-state index contributed by atoms with van der Waals surface area (Å²) in [5.41, 5.74) is 7.92. The van der Waals surface area contributed by atoms with Crippen molar-refractivity contribution in [2.45, 2.75) is 19.9 Å². The predicted molar refractivity (Wildman–Crippen MR) is 112 cm³/mol. The van der Waals surface area contributed by atoms with Gasteiger partial charge in [-0.2, -0.15) is 0 Å². The number of hydrogen-bond donors (Lipinski definition) is 0. The zero-order valence-electron chi connectivity index (χ0n) is 15.1. The van der Waals surface area contributed by atoms with Crippen LogP contribution in [0.5, 0.6) is 0 Å². The Labute approximate surface area is 154 Å². The number of hydrogen-bond acceptors (Lipinski definition) is 1. The van der Waals surface area contributed by atoms with E-state index in [1.54, 1.807) is 0 Å². The van der Waals surface area contributed by atoms with Gasteiger partial charge >= 0.3 is 0 Å². The van der Waals surface area contributed by atoms with Gasteiger partial charge in [-0.1, -0.05) is 66.7 Å². The van der Waals surface area contributed by atoms with Gasteiger partial charge in [-0.25, -0.2) is 0 Å². The molecule has 1 nitrogen and oxygen atoms in total. The molecule has 0 spiro atoms. The van der Waals surface area contributed by atoms with Crippen molar-refractivity contribution < 1.29 is 0 Å². The third-order valence-corrected chi connectivity index (χ3v) is 5.34. The summed E-state index contributed by atoms with van der Waals surface area (Å²) in [6, 6.07) is 31.1. The smallest absolute Gasteiger partial charge is 0.0493 e. The molecule has 4 aromatic carbocycles. The minimum absolute atomic E-state index is 0.373. The summed E-state index contributed by atoms with van der Waals surface area (Å²) in [4.78, 5) is 2.44. The quantitative estimate of drug-likeness (QED) is 0.342. The Hall–Kier alpha value is -3.06. The van der Waals surface area contributed by atoms with E-state index in [1.165, 1.54) is 44.4 Å². The van der Waals surface area contributed by atoms with E-state index in [9.17, 15) is 0 Å². The normalized spacial score (nSPS) is 11.8. The lowest BCUT2D eigenvalue weighted by atomic mass is 10.00. The Morgan fingerprint density at radius 2 is 1.19 bits per heavy atom. The number of anilines is 2. The van der Waals surface area contributed by atoms with Crippen molar-refractivity contribution in [1.29, 1.82) is 0 Å². The Morgan fingerprint density at radius 1 is 0.577 bits per heavy atom. The predicted octanol–water partition coefficient (Wildman–Crippen LogP) is 7.03. The molecule has 0 N–H and O–H groups in total. The van der Waals surface area contributed by atoms with Crippen molar-refractivity contribution in [2.75, 3.05) is 4.90 Å². The average Bonchev–Trinajstić information content (AvgIpc) is 3.00. The fraction of sp³-hybridized carbons (Fsp3) is 0.120. The van der Waals surface area contributed by atoms with Gasteiger partial charge in [0.05, 0.1) is 0 Å². The third kappa shape index (κ3) is 2.10. The molecule has 5 rings (SSSR count). The van der Waals surface area contributed by atoms with Crippen molar-refractivity contribution in [3.63, 3.8) is 0 Å². The first-order chi connectivity index (χ1) is 12.8. The van der Waals surface area contributed by atoms with E-state index in [0.29, 0.717) is 6.04 Å². The van der Waals surface area contributed by atoms with Crippen LogP contribution in [-0.2, 0) is 0 Å². The molecule has 0 aromatic heterocycles.